The van der Waals surface area contributed by atoms with E-state index in [0.29, 0.717) is 22.6 Å². The van der Waals surface area contributed by atoms with E-state index in [2.05, 4.69) is 14.7 Å². The third kappa shape index (κ3) is 5.30. The minimum atomic E-state index is -3.70. The van der Waals surface area contributed by atoms with E-state index in [1.54, 1.807) is 42.5 Å². The zero-order chi connectivity index (χ0) is 20.9. The van der Waals surface area contributed by atoms with Crippen LogP contribution in [-0.2, 0) is 26.8 Å². The number of nitrogens with zero attached hydrogens (tertiary/aromatic N) is 2. The van der Waals surface area contributed by atoms with E-state index in [9.17, 15) is 13.2 Å². The predicted octanol–water partition coefficient (Wildman–Crippen LogP) is 2.71. The number of sulfone groups is 1. The summed E-state index contributed by atoms with van der Waals surface area (Å²) in [5.41, 5.74) is 1.35. The second-order valence-electron chi connectivity index (χ2n) is 6.04. The van der Waals surface area contributed by atoms with Gasteiger partial charge in [0.05, 0.1) is 26.4 Å². The third-order valence-electron chi connectivity index (χ3n) is 3.94. The van der Waals surface area contributed by atoms with Crippen molar-refractivity contribution in [1.82, 2.24) is 9.36 Å². The SMILES string of the molecule is COc1ccc(CC(=O)Nc2nc(S(=O)(=O)Cc3ccccc3)ns2)cc1OC. The maximum Gasteiger partial charge on any atom is 0.261 e. The van der Waals surface area contributed by atoms with Crippen molar-refractivity contribution in [1.29, 1.82) is 0 Å². The van der Waals surface area contributed by atoms with Crippen molar-refractivity contribution in [2.45, 2.75) is 17.3 Å². The van der Waals surface area contributed by atoms with Gasteiger partial charge in [0.25, 0.3) is 5.16 Å². The van der Waals surface area contributed by atoms with Crippen LogP contribution in [0.2, 0.25) is 0 Å². The van der Waals surface area contributed by atoms with Gasteiger partial charge in [0.1, 0.15) is 0 Å². The molecule has 0 spiro atoms. The lowest BCUT2D eigenvalue weighted by Crippen LogP contribution is -2.14. The Labute approximate surface area is 172 Å². The van der Waals surface area contributed by atoms with Gasteiger partial charge in [-0.25, -0.2) is 8.42 Å². The standard InChI is InChI=1S/C19H19N3O5S2/c1-26-15-9-8-14(10-16(15)27-2)11-17(23)20-18-21-19(22-28-18)29(24,25)12-13-6-4-3-5-7-13/h3-10H,11-12H2,1-2H3,(H,20,21,22,23). The van der Waals surface area contributed by atoms with Gasteiger partial charge in [-0.3, -0.25) is 4.79 Å². The first kappa shape index (κ1) is 20.7. The van der Waals surface area contributed by atoms with E-state index < -0.39 is 9.84 Å². The van der Waals surface area contributed by atoms with Gasteiger partial charge in [0, 0.05) is 11.5 Å². The maximum absolute atomic E-state index is 12.5. The van der Waals surface area contributed by atoms with Crippen molar-refractivity contribution in [3.63, 3.8) is 0 Å². The fourth-order valence-electron chi connectivity index (χ4n) is 2.58. The largest absolute Gasteiger partial charge is 0.493 e. The normalized spacial score (nSPS) is 11.1. The molecule has 0 aliphatic heterocycles. The molecule has 0 saturated carbocycles. The van der Waals surface area contributed by atoms with Crippen LogP contribution in [0.15, 0.2) is 53.7 Å². The van der Waals surface area contributed by atoms with Crippen LogP contribution in [0.25, 0.3) is 0 Å². The molecule has 3 rings (SSSR count). The Balaban J connectivity index is 1.66. The fourth-order valence-corrected chi connectivity index (χ4v) is 4.69. The molecule has 0 aliphatic carbocycles. The van der Waals surface area contributed by atoms with Crippen LogP contribution >= 0.6 is 11.5 Å². The van der Waals surface area contributed by atoms with Gasteiger partial charge in [-0.2, -0.15) is 9.36 Å². The highest BCUT2D eigenvalue weighted by atomic mass is 32.2. The molecule has 29 heavy (non-hydrogen) atoms. The number of aromatic nitrogens is 2. The number of nitrogens with one attached hydrogen (secondary N) is 1. The lowest BCUT2D eigenvalue weighted by molar-refractivity contribution is -0.115. The van der Waals surface area contributed by atoms with Crippen LogP contribution in [-0.4, -0.2) is 37.9 Å². The molecule has 8 nitrogen and oxygen atoms in total. The molecule has 1 N–H and O–H groups in total. The number of hydrogen-bond donors (Lipinski definition) is 1. The molecule has 0 saturated heterocycles. The first-order chi connectivity index (χ1) is 13.9. The van der Waals surface area contributed by atoms with Gasteiger partial charge in [-0.05, 0) is 23.3 Å². The summed E-state index contributed by atoms with van der Waals surface area (Å²) >= 11 is 0.823. The molecule has 0 unspecified atom stereocenters. The van der Waals surface area contributed by atoms with Crippen molar-refractivity contribution in [3.05, 3.63) is 59.7 Å². The van der Waals surface area contributed by atoms with Crippen molar-refractivity contribution in [3.8, 4) is 11.5 Å². The van der Waals surface area contributed by atoms with Crippen LogP contribution < -0.4 is 14.8 Å². The number of carbonyl (C=O) groups is 1. The molecule has 0 fully saturated rings. The van der Waals surface area contributed by atoms with E-state index in [1.165, 1.54) is 14.2 Å². The number of amides is 1. The molecular weight excluding hydrogens is 414 g/mol. The van der Waals surface area contributed by atoms with Gasteiger partial charge >= 0.3 is 0 Å². The zero-order valence-electron chi connectivity index (χ0n) is 15.8. The fraction of sp³-hybridized carbons (Fsp3) is 0.211. The summed E-state index contributed by atoms with van der Waals surface area (Å²) < 4.78 is 39.2. The molecule has 2 aromatic carbocycles. The molecule has 152 valence electrons. The Morgan fingerprint density at radius 1 is 1.03 bits per heavy atom. The van der Waals surface area contributed by atoms with E-state index in [0.717, 1.165) is 11.5 Å². The van der Waals surface area contributed by atoms with Crippen LogP contribution in [0, 0.1) is 0 Å². The number of hydrogen-bond acceptors (Lipinski definition) is 8. The number of carbonyl (C=O) groups excluding carboxylic acids is 1. The van der Waals surface area contributed by atoms with Gasteiger partial charge in [0.15, 0.2) is 11.5 Å². The molecule has 1 amide bonds. The summed E-state index contributed by atoms with van der Waals surface area (Å²) in [6, 6.07) is 13.9. The van der Waals surface area contributed by atoms with Crippen molar-refractivity contribution < 1.29 is 22.7 Å². The number of benzene rings is 2. The Hall–Kier alpha value is -2.98. The molecular formula is C19H19N3O5S2. The molecule has 10 heteroatoms. The second-order valence-corrected chi connectivity index (χ2v) is 8.68. The Bertz CT molecular complexity index is 1100. The summed E-state index contributed by atoms with van der Waals surface area (Å²) in [5, 5.41) is 2.41. The first-order valence-electron chi connectivity index (χ1n) is 8.52. The van der Waals surface area contributed by atoms with Gasteiger partial charge in [0.2, 0.25) is 20.9 Å². The number of rotatable bonds is 8. The highest BCUT2D eigenvalue weighted by Crippen LogP contribution is 2.28. The summed E-state index contributed by atoms with van der Waals surface area (Å²) in [4.78, 5) is 16.3. The average Bonchev–Trinajstić information content (AvgIpc) is 3.17. The average molecular weight is 434 g/mol. The van der Waals surface area contributed by atoms with Crippen molar-refractivity contribution in [2.75, 3.05) is 19.5 Å². The molecule has 0 aliphatic rings. The molecule has 1 aromatic heterocycles. The first-order valence-corrected chi connectivity index (χ1v) is 10.9. The summed E-state index contributed by atoms with van der Waals surface area (Å²) in [6.07, 6.45) is 0.0615. The van der Waals surface area contributed by atoms with Gasteiger partial charge in [-0.15, -0.1) is 0 Å². The number of anilines is 1. The minimum absolute atomic E-state index is 0.0615. The van der Waals surface area contributed by atoms with Crippen LogP contribution in [0.1, 0.15) is 11.1 Å². The van der Waals surface area contributed by atoms with E-state index in [1.807, 2.05) is 6.07 Å². The third-order valence-corrected chi connectivity index (χ3v) is 6.14. The topological polar surface area (TPSA) is 107 Å². The van der Waals surface area contributed by atoms with Gasteiger partial charge < -0.3 is 14.8 Å². The highest BCUT2D eigenvalue weighted by molar-refractivity contribution is 7.90. The Kier molecular flexibility index (Phi) is 6.45. The predicted molar refractivity (Wildman–Crippen MR) is 109 cm³/mol. The number of methoxy groups -OCH3 is 2. The summed E-state index contributed by atoms with van der Waals surface area (Å²) in [6.45, 7) is 0. The maximum atomic E-state index is 12.5. The van der Waals surface area contributed by atoms with Crippen LogP contribution in [0.3, 0.4) is 0 Å². The van der Waals surface area contributed by atoms with Gasteiger partial charge in [-0.1, -0.05) is 36.4 Å². The monoisotopic (exact) mass is 433 g/mol. The molecule has 0 atom stereocenters. The summed E-state index contributed by atoms with van der Waals surface area (Å²) in [5.74, 6) is 0.529. The lowest BCUT2D eigenvalue weighted by Gasteiger charge is -2.09. The highest BCUT2D eigenvalue weighted by Gasteiger charge is 2.22. The lowest BCUT2D eigenvalue weighted by atomic mass is 10.1. The minimum Gasteiger partial charge on any atom is -0.493 e. The van der Waals surface area contributed by atoms with E-state index >= 15 is 0 Å². The molecule has 3 aromatic rings. The molecule has 0 bridgehead atoms. The van der Waals surface area contributed by atoms with E-state index in [-0.39, 0.29) is 28.4 Å². The zero-order valence-corrected chi connectivity index (χ0v) is 17.4. The van der Waals surface area contributed by atoms with E-state index in [4.69, 9.17) is 9.47 Å². The number of ether oxygens (including phenoxy) is 2. The quantitative estimate of drug-likeness (QED) is 0.582. The van der Waals surface area contributed by atoms with Crippen LogP contribution in [0.4, 0.5) is 5.13 Å². The smallest absolute Gasteiger partial charge is 0.261 e. The van der Waals surface area contributed by atoms with Crippen LogP contribution in [0.5, 0.6) is 11.5 Å². The summed E-state index contributed by atoms with van der Waals surface area (Å²) in [7, 11) is -0.652. The van der Waals surface area contributed by atoms with Crippen molar-refractivity contribution >= 4 is 32.4 Å². The second kappa shape index (κ2) is 9.01. The molecule has 1 heterocycles. The molecule has 0 radical (unpaired) electrons. The Morgan fingerprint density at radius 2 is 1.76 bits per heavy atom. The van der Waals surface area contributed by atoms with Crippen molar-refractivity contribution in [2.24, 2.45) is 0 Å². The Morgan fingerprint density at radius 3 is 2.45 bits per heavy atom.